The van der Waals surface area contributed by atoms with E-state index >= 15 is 0 Å². The van der Waals surface area contributed by atoms with Crippen LogP contribution in [0.15, 0.2) is 42.5 Å². The lowest BCUT2D eigenvalue weighted by Gasteiger charge is -2.17. The molecule has 0 saturated carbocycles. The van der Waals surface area contributed by atoms with Gasteiger partial charge in [0.25, 0.3) is 5.91 Å². The topological polar surface area (TPSA) is 58.6 Å². The van der Waals surface area contributed by atoms with E-state index < -0.39 is 17.5 Å². The van der Waals surface area contributed by atoms with Crippen molar-refractivity contribution < 1.29 is 27.5 Å². The molecular formula is C20H21F3N2O3. The van der Waals surface area contributed by atoms with Crippen molar-refractivity contribution in [1.29, 1.82) is 0 Å². The van der Waals surface area contributed by atoms with Gasteiger partial charge >= 0.3 is 0 Å². The molecule has 150 valence electrons. The number of amides is 2. The molecule has 0 heterocycles. The van der Waals surface area contributed by atoms with Crippen molar-refractivity contribution in [2.45, 2.75) is 12.8 Å². The molecule has 0 aromatic heterocycles. The summed E-state index contributed by atoms with van der Waals surface area (Å²) in [5.74, 6) is -2.33. The Kier molecular flexibility index (Phi) is 7.86. The van der Waals surface area contributed by atoms with Crippen LogP contribution in [0.25, 0.3) is 0 Å². The molecule has 2 amide bonds. The zero-order chi connectivity index (χ0) is 20.5. The Labute approximate surface area is 161 Å². The van der Waals surface area contributed by atoms with Crippen LogP contribution in [0.5, 0.6) is 5.75 Å². The Balaban J connectivity index is 1.64. The number of nitrogens with zero attached hydrogens (tertiary/aromatic N) is 1. The van der Waals surface area contributed by atoms with Crippen molar-refractivity contribution in [2.24, 2.45) is 0 Å². The molecule has 0 aliphatic rings. The van der Waals surface area contributed by atoms with Gasteiger partial charge in [0.15, 0.2) is 0 Å². The lowest BCUT2D eigenvalue weighted by atomic mass is 10.2. The number of halogens is 3. The second kappa shape index (κ2) is 10.3. The fourth-order valence-electron chi connectivity index (χ4n) is 2.36. The van der Waals surface area contributed by atoms with Crippen molar-refractivity contribution in [3.63, 3.8) is 0 Å². The lowest BCUT2D eigenvalue weighted by molar-refractivity contribution is -0.130. The normalized spacial score (nSPS) is 10.4. The summed E-state index contributed by atoms with van der Waals surface area (Å²) in [7, 11) is 1.63. The predicted molar refractivity (Wildman–Crippen MR) is 97.5 cm³/mol. The van der Waals surface area contributed by atoms with Crippen LogP contribution in [0, 0.1) is 17.5 Å². The predicted octanol–water partition coefficient (Wildman–Crippen LogP) is 3.15. The Morgan fingerprint density at radius 2 is 1.71 bits per heavy atom. The molecule has 1 N–H and O–H groups in total. The second-order valence-corrected chi connectivity index (χ2v) is 6.10. The quantitative estimate of drug-likeness (QED) is 0.665. The highest BCUT2D eigenvalue weighted by Gasteiger charge is 2.13. The maximum Gasteiger partial charge on any atom is 0.254 e. The minimum absolute atomic E-state index is 0.134. The van der Waals surface area contributed by atoms with Gasteiger partial charge in [0.2, 0.25) is 5.91 Å². The minimum Gasteiger partial charge on any atom is -0.492 e. The van der Waals surface area contributed by atoms with E-state index in [0.717, 1.165) is 12.1 Å². The number of rotatable bonds is 9. The van der Waals surface area contributed by atoms with Gasteiger partial charge in [-0.25, -0.2) is 13.2 Å². The summed E-state index contributed by atoms with van der Waals surface area (Å²) in [4.78, 5) is 25.4. The van der Waals surface area contributed by atoms with Crippen LogP contribution in [0.3, 0.4) is 0 Å². The van der Waals surface area contributed by atoms with E-state index in [4.69, 9.17) is 4.74 Å². The van der Waals surface area contributed by atoms with Gasteiger partial charge in [-0.15, -0.1) is 0 Å². The molecule has 2 rings (SSSR count). The first-order valence-electron chi connectivity index (χ1n) is 8.72. The van der Waals surface area contributed by atoms with E-state index in [-0.39, 0.29) is 36.9 Å². The first-order valence-corrected chi connectivity index (χ1v) is 8.72. The summed E-state index contributed by atoms with van der Waals surface area (Å²) in [5, 5.41) is 2.50. The molecule has 0 bridgehead atoms. The van der Waals surface area contributed by atoms with Gasteiger partial charge in [0.1, 0.15) is 29.8 Å². The summed E-state index contributed by atoms with van der Waals surface area (Å²) in [6, 6.07) is 8.30. The van der Waals surface area contributed by atoms with Crippen molar-refractivity contribution >= 4 is 11.8 Å². The van der Waals surface area contributed by atoms with Gasteiger partial charge in [-0.2, -0.15) is 0 Å². The monoisotopic (exact) mass is 394 g/mol. The molecule has 2 aromatic carbocycles. The number of hydrogen-bond acceptors (Lipinski definition) is 3. The number of nitrogens with one attached hydrogen (secondary N) is 1. The van der Waals surface area contributed by atoms with Crippen LogP contribution in [0.1, 0.15) is 23.2 Å². The van der Waals surface area contributed by atoms with Crippen molar-refractivity contribution in [3.8, 4) is 5.75 Å². The fraction of sp³-hybridized carbons (Fsp3) is 0.300. The summed E-state index contributed by atoms with van der Waals surface area (Å²) >= 11 is 0. The Morgan fingerprint density at radius 1 is 1.04 bits per heavy atom. The molecule has 0 aliphatic carbocycles. The maximum atomic E-state index is 13.5. The smallest absolute Gasteiger partial charge is 0.254 e. The van der Waals surface area contributed by atoms with Gasteiger partial charge in [0, 0.05) is 26.1 Å². The summed E-state index contributed by atoms with van der Waals surface area (Å²) in [6.07, 6.45) is 0.565. The molecule has 0 fully saturated rings. The maximum absolute atomic E-state index is 13.5. The number of carbonyl (C=O) groups is 2. The average molecular weight is 394 g/mol. The molecule has 5 nitrogen and oxygen atoms in total. The molecule has 28 heavy (non-hydrogen) atoms. The van der Waals surface area contributed by atoms with Gasteiger partial charge in [-0.05, 0) is 42.8 Å². The third-order valence-electron chi connectivity index (χ3n) is 3.96. The number of hydrogen-bond donors (Lipinski definition) is 1. The van der Waals surface area contributed by atoms with Crippen LogP contribution in [0.2, 0.25) is 0 Å². The van der Waals surface area contributed by atoms with E-state index in [0.29, 0.717) is 24.8 Å². The minimum atomic E-state index is -0.936. The number of ether oxygens (including phenoxy) is 1. The third kappa shape index (κ3) is 6.61. The Hall–Kier alpha value is -3.03. The Bertz CT molecular complexity index is 813. The second-order valence-electron chi connectivity index (χ2n) is 6.10. The van der Waals surface area contributed by atoms with E-state index in [9.17, 15) is 22.8 Å². The summed E-state index contributed by atoms with van der Waals surface area (Å²) < 4.78 is 44.6. The van der Waals surface area contributed by atoms with Crippen LogP contribution in [-0.4, -0.2) is 43.5 Å². The molecule has 2 aromatic rings. The van der Waals surface area contributed by atoms with Gasteiger partial charge in [-0.3, -0.25) is 9.59 Å². The number of benzene rings is 2. The highest BCUT2D eigenvalue weighted by Crippen LogP contribution is 2.11. The molecule has 0 radical (unpaired) electrons. The molecule has 0 spiro atoms. The SMILES string of the molecule is CN(CCOc1ccc(F)cc1)C(=O)CCCNC(=O)c1ccc(F)cc1F. The molecule has 0 aliphatic heterocycles. The lowest BCUT2D eigenvalue weighted by Crippen LogP contribution is -2.32. The number of likely N-dealkylation sites (N-methyl/N-ethyl adjacent to an activating group) is 1. The zero-order valence-electron chi connectivity index (χ0n) is 15.4. The van der Waals surface area contributed by atoms with Crippen molar-refractivity contribution in [2.75, 3.05) is 26.7 Å². The standard InChI is InChI=1S/C20H21F3N2O3/c1-25(11-12-28-16-7-4-14(21)5-8-16)19(26)3-2-10-24-20(27)17-9-6-15(22)13-18(17)23/h4-9,13H,2-3,10-12H2,1H3,(H,24,27). The first kappa shape index (κ1) is 21.3. The molecule has 8 heteroatoms. The van der Waals surface area contributed by atoms with Gasteiger partial charge in [-0.1, -0.05) is 0 Å². The van der Waals surface area contributed by atoms with Crippen molar-refractivity contribution in [3.05, 3.63) is 65.5 Å². The summed E-state index contributed by atoms with van der Waals surface area (Å²) in [6.45, 7) is 0.791. The summed E-state index contributed by atoms with van der Waals surface area (Å²) in [5.41, 5.74) is -0.247. The highest BCUT2D eigenvalue weighted by atomic mass is 19.1. The zero-order valence-corrected chi connectivity index (χ0v) is 15.4. The van der Waals surface area contributed by atoms with Crippen LogP contribution in [0.4, 0.5) is 13.2 Å². The van der Waals surface area contributed by atoms with E-state index in [1.807, 2.05) is 0 Å². The van der Waals surface area contributed by atoms with Crippen LogP contribution < -0.4 is 10.1 Å². The molecule has 0 unspecified atom stereocenters. The highest BCUT2D eigenvalue weighted by molar-refractivity contribution is 5.94. The van der Waals surface area contributed by atoms with Crippen LogP contribution in [-0.2, 0) is 4.79 Å². The van der Waals surface area contributed by atoms with E-state index in [2.05, 4.69) is 5.32 Å². The van der Waals surface area contributed by atoms with Crippen molar-refractivity contribution in [1.82, 2.24) is 10.2 Å². The largest absolute Gasteiger partial charge is 0.492 e. The fourth-order valence-corrected chi connectivity index (χ4v) is 2.36. The first-order chi connectivity index (χ1) is 13.4. The molecule has 0 atom stereocenters. The van der Waals surface area contributed by atoms with E-state index in [1.54, 1.807) is 7.05 Å². The van der Waals surface area contributed by atoms with Crippen LogP contribution >= 0.6 is 0 Å². The van der Waals surface area contributed by atoms with Gasteiger partial charge in [0.05, 0.1) is 12.1 Å². The average Bonchev–Trinajstić information content (AvgIpc) is 2.66. The van der Waals surface area contributed by atoms with E-state index in [1.165, 1.54) is 29.2 Å². The number of carbonyl (C=O) groups excluding carboxylic acids is 2. The third-order valence-corrected chi connectivity index (χ3v) is 3.96. The Morgan fingerprint density at radius 3 is 2.39 bits per heavy atom. The van der Waals surface area contributed by atoms with Gasteiger partial charge < -0.3 is 15.0 Å². The molecular weight excluding hydrogens is 373 g/mol. The molecule has 0 saturated heterocycles.